The minimum Gasteiger partial charge on any atom is -0.488 e. The summed E-state index contributed by atoms with van der Waals surface area (Å²) in [5.74, 6) is 1.87. The van der Waals surface area contributed by atoms with Crippen LogP contribution in [0, 0.1) is 10.1 Å². The second kappa shape index (κ2) is 8.02. The number of carbonyl (C=O) groups excluding carboxylic acids is 1. The topological polar surface area (TPSA) is 90.7 Å². The average Bonchev–Trinajstić information content (AvgIpc) is 3.15. The van der Waals surface area contributed by atoms with Gasteiger partial charge in [0.2, 0.25) is 0 Å². The molecule has 1 unspecified atom stereocenters. The Labute approximate surface area is 167 Å². The summed E-state index contributed by atoms with van der Waals surface area (Å²) >= 11 is 0. The third-order valence-corrected chi connectivity index (χ3v) is 4.56. The molecule has 0 saturated carbocycles. The van der Waals surface area contributed by atoms with Crippen LogP contribution in [-0.4, -0.2) is 23.5 Å². The Hall–Kier alpha value is -3.87. The molecule has 7 nitrogen and oxygen atoms in total. The number of ether oxygens (including phenoxy) is 2. The largest absolute Gasteiger partial charge is 0.488 e. The smallest absolute Gasteiger partial charge is 0.270 e. The van der Waals surface area contributed by atoms with E-state index in [2.05, 4.69) is 5.32 Å². The Morgan fingerprint density at radius 2 is 1.90 bits per heavy atom. The maximum atomic E-state index is 12.3. The summed E-state index contributed by atoms with van der Waals surface area (Å²) in [6, 6.07) is 20.8. The molecule has 0 aliphatic carbocycles. The molecule has 7 heteroatoms. The van der Waals surface area contributed by atoms with Gasteiger partial charge in [-0.25, -0.2) is 0 Å². The Balaban J connectivity index is 1.35. The Kier molecular flexibility index (Phi) is 5.11. The molecule has 0 saturated heterocycles. The minimum atomic E-state index is -0.525. The number of nitro benzene ring substituents is 1. The molecular weight excluding hydrogens is 372 g/mol. The van der Waals surface area contributed by atoms with E-state index in [-0.39, 0.29) is 23.3 Å². The predicted octanol–water partition coefficient (Wildman–Crippen LogP) is 4.12. The fraction of sp³-hybridized carbons (Fsp3) is 0.136. The lowest BCUT2D eigenvalue weighted by Crippen LogP contribution is -2.34. The molecule has 1 amide bonds. The van der Waals surface area contributed by atoms with Crippen molar-refractivity contribution in [3.8, 4) is 17.2 Å². The van der Waals surface area contributed by atoms with Gasteiger partial charge in [-0.15, -0.1) is 0 Å². The van der Waals surface area contributed by atoms with Crippen molar-refractivity contribution in [2.24, 2.45) is 0 Å². The monoisotopic (exact) mass is 390 g/mol. The molecule has 1 heterocycles. The quantitative estimate of drug-likeness (QED) is 0.505. The molecular formula is C22H18N2O5. The predicted molar refractivity (Wildman–Crippen MR) is 107 cm³/mol. The number of carbonyl (C=O) groups is 1. The lowest BCUT2D eigenvalue weighted by Gasteiger charge is -2.12. The second-order valence-electron chi connectivity index (χ2n) is 6.65. The van der Waals surface area contributed by atoms with Gasteiger partial charge in [0, 0.05) is 29.7 Å². The van der Waals surface area contributed by atoms with Gasteiger partial charge in [0.25, 0.3) is 11.6 Å². The zero-order valence-electron chi connectivity index (χ0n) is 15.4. The first-order valence-corrected chi connectivity index (χ1v) is 9.13. The van der Waals surface area contributed by atoms with Gasteiger partial charge in [0.1, 0.15) is 23.4 Å². The van der Waals surface area contributed by atoms with Crippen LogP contribution in [0.4, 0.5) is 5.69 Å². The highest BCUT2D eigenvalue weighted by atomic mass is 16.6. The van der Waals surface area contributed by atoms with Crippen molar-refractivity contribution < 1.29 is 19.2 Å². The van der Waals surface area contributed by atoms with E-state index < -0.39 is 4.92 Å². The molecule has 1 N–H and O–H groups in total. The van der Waals surface area contributed by atoms with E-state index in [0.717, 1.165) is 22.8 Å². The van der Waals surface area contributed by atoms with Crippen molar-refractivity contribution in [1.82, 2.24) is 5.32 Å². The summed E-state index contributed by atoms with van der Waals surface area (Å²) in [4.78, 5) is 22.6. The van der Waals surface area contributed by atoms with E-state index in [9.17, 15) is 14.9 Å². The van der Waals surface area contributed by atoms with Crippen LogP contribution in [0.1, 0.15) is 15.9 Å². The number of benzene rings is 3. The Morgan fingerprint density at radius 1 is 1.07 bits per heavy atom. The van der Waals surface area contributed by atoms with Gasteiger partial charge in [0.15, 0.2) is 0 Å². The van der Waals surface area contributed by atoms with E-state index in [4.69, 9.17) is 9.47 Å². The third kappa shape index (κ3) is 4.35. The Bertz CT molecular complexity index is 1050. The molecule has 3 aromatic carbocycles. The number of rotatable bonds is 6. The summed E-state index contributed by atoms with van der Waals surface area (Å²) in [6.45, 7) is 0.297. The number of nitrogens with zero attached hydrogens (tertiary/aromatic N) is 1. The molecule has 0 fully saturated rings. The van der Waals surface area contributed by atoms with E-state index in [1.807, 2.05) is 48.5 Å². The van der Waals surface area contributed by atoms with Crippen molar-refractivity contribution in [1.29, 1.82) is 0 Å². The number of nitro groups is 1. The molecule has 0 bridgehead atoms. The molecule has 0 aromatic heterocycles. The van der Waals surface area contributed by atoms with Crippen molar-refractivity contribution >= 4 is 11.6 Å². The number of fused-ring (bicyclic) bond motifs is 1. The SMILES string of the molecule is O=C(NCC1Cc2cc(Oc3ccccc3)ccc2O1)c1cccc([N+](=O)[O-])c1. The number of nitrogens with one attached hydrogen (secondary N) is 1. The first kappa shape index (κ1) is 18.5. The van der Waals surface area contributed by atoms with Crippen molar-refractivity contribution in [2.45, 2.75) is 12.5 Å². The normalized spacial score (nSPS) is 14.6. The van der Waals surface area contributed by atoms with Gasteiger partial charge in [-0.05, 0) is 36.4 Å². The van der Waals surface area contributed by atoms with Gasteiger partial charge < -0.3 is 14.8 Å². The molecule has 4 rings (SSSR count). The highest BCUT2D eigenvalue weighted by Crippen LogP contribution is 2.33. The van der Waals surface area contributed by atoms with Gasteiger partial charge in [0.05, 0.1) is 11.5 Å². The van der Waals surface area contributed by atoms with Crippen LogP contribution >= 0.6 is 0 Å². The molecule has 0 radical (unpaired) electrons. The van der Waals surface area contributed by atoms with Crippen LogP contribution < -0.4 is 14.8 Å². The standard InChI is InChI=1S/C22H18N2O5/c25-22(15-5-4-6-17(11-15)24(26)27)23-14-20-13-16-12-19(9-10-21(16)29-20)28-18-7-2-1-3-8-18/h1-12,20H,13-14H2,(H,23,25). The molecule has 3 aromatic rings. The zero-order valence-corrected chi connectivity index (χ0v) is 15.4. The molecule has 0 spiro atoms. The molecule has 1 aliphatic heterocycles. The van der Waals surface area contributed by atoms with Gasteiger partial charge >= 0.3 is 0 Å². The van der Waals surface area contributed by atoms with Gasteiger partial charge in [-0.3, -0.25) is 14.9 Å². The first-order valence-electron chi connectivity index (χ1n) is 9.13. The van der Waals surface area contributed by atoms with Crippen LogP contribution in [0.15, 0.2) is 72.8 Å². The second-order valence-corrected chi connectivity index (χ2v) is 6.65. The zero-order chi connectivity index (χ0) is 20.2. The van der Waals surface area contributed by atoms with E-state index in [1.54, 1.807) is 6.07 Å². The average molecular weight is 390 g/mol. The number of non-ortho nitro benzene ring substituents is 1. The first-order chi connectivity index (χ1) is 14.1. The van der Waals surface area contributed by atoms with Crippen LogP contribution in [-0.2, 0) is 6.42 Å². The number of hydrogen-bond donors (Lipinski definition) is 1. The van der Waals surface area contributed by atoms with E-state index in [1.165, 1.54) is 18.2 Å². The van der Waals surface area contributed by atoms with Crippen LogP contribution in [0.5, 0.6) is 17.2 Å². The lowest BCUT2D eigenvalue weighted by atomic mass is 10.1. The maximum Gasteiger partial charge on any atom is 0.270 e. The number of hydrogen-bond acceptors (Lipinski definition) is 5. The molecule has 146 valence electrons. The third-order valence-electron chi connectivity index (χ3n) is 4.56. The summed E-state index contributed by atoms with van der Waals surface area (Å²) in [5.41, 5.74) is 1.13. The summed E-state index contributed by atoms with van der Waals surface area (Å²) in [7, 11) is 0. The summed E-state index contributed by atoms with van der Waals surface area (Å²) in [5, 5.41) is 13.6. The summed E-state index contributed by atoms with van der Waals surface area (Å²) in [6.07, 6.45) is 0.427. The van der Waals surface area contributed by atoms with Crippen molar-refractivity contribution in [2.75, 3.05) is 6.54 Å². The minimum absolute atomic E-state index is 0.117. The molecule has 1 aliphatic rings. The van der Waals surface area contributed by atoms with E-state index >= 15 is 0 Å². The van der Waals surface area contributed by atoms with Gasteiger partial charge in [-0.1, -0.05) is 24.3 Å². The lowest BCUT2D eigenvalue weighted by molar-refractivity contribution is -0.384. The molecule has 1 atom stereocenters. The molecule has 29 heavy (non-hydrogen) atoms. The van der Waals surface area contributed by atoms with Crippen LogP contribution in [0.25, 0.3) is 0 Å². The highest BCUT2D eigenvalue weighted by molar-refractivity contribution is 5.94. The van der Waals surface area contributed by atoms with Gasteiger partial charge in [-0.2, -0.15) is 0 Å². The number of amides is 1. The van der Waals surface area contributed by atoms with Crippen molar-refractivity contribution in [3.63, 3.8) is 0 Å². The van der Waals surface area contributed by atoms with Crippen molar-refractivity contribution in [3.05, 3.63) is 94.0 Å². The maximum absolute atomic E-state index is 12.3. The van der Waals surface area contributed by atoms with E-state index in [0.29, 0.717) is 13.0 Å². The fourth-order valence-corrected chi connectivity index (χ4v) is 3.17. The van der Waals surface area contributed by atoms with Crippen LogP contribution in [0.3, 0.4) is 0 Å². The fourth-order valence-electron chi connectivity index (χ4n) is 3.17. The highest BCUT2D eigenvalue weighted by Gasteiger charge is 2.24. The Morgan fingerprint density at radius 3 is 2.69 bits per heavy atom. The number of para-hydroxylation sites is 1. The van der Waals surface area contributed by atoms with Crippen LogP contribution in [0.2, 0.25) is 0 Å². The summed E-state index contributed by atoms with van der Waals surface area (Å²) < 4.78 is 11.7.